The van der Waals surface area contributed by atoms with Gasteiger partial charge in [0.1, 0.15) is 0 Å². The Bertz CT molecular complexity index is 131. The highest BCUT2D eigenvalue weighted by Crippen LogP contribution is 2.39. The molecule has 1 heteroatoms. The van der Waals surface area contributed by atoms with Crippen LogP contribution in [-0.2, 0) is 0 Å². The molecule has 0 aromatic rings. The van der Waals surface area contributed by atoms with Gasteiger partial charge in [-0.25, -0.2) is 0 Å². The topological polar surface area (TPSA) is 20.2 Å². The predicted molar refractivity (Wildman–Crippen MR) is 47.4 cm³/mol. The normalized spacial score (nSPS) is 38.5. The van der Waals surface area contributed by atoms with Crippen LogP contribution in [0.4, 0.5) is 0 Å². The van der Waals surface area contributed by atoms with E-state index >= 15 is 0 Å². The van der Waals surface area contributed by atoms with Crippen LogP contribution < -0.4 is 0 Å². The zero-order valence-electron chi connectivity index (χ0n) is 7.93. The Kier molecular flexibility index (Phi) is 2.58. The summed E-state index contributed by atoms with van der Waals surface area (Å²) in [6.07, 6.45) is 4.42. The van der Waals surface area contributed by atoms with E-state index in [1.165, 1.54) is 12.8 Å². The highest BCUT2D eigenvalue weighted by Gasteiger charge is 2.38. The molecule has 11 heavy (non-hydrogen) atoms. The van der Waals surface area contributed by atoms with Crippen LogP contribution in [0.15, 0.2) is 0 Å². The van der Waals surface area contributed by atoms with Crippen molar-refractivity contribution >= 4 is 0 Å². The van der Waals surface area contributed by atoms with Gasteiger partial charge in [0.25, 0.3) is 0 Å². The Morgan fingerprint density at radius 3 is 2.55 bits per heavy atom. The van der Waals surface area contributed by atoms with E-state index in [-0.39, 0.29) is 5.60 Å². The number of hydrogen-bond donors (Lipinski definition) is 1. The molecule has 1 aliphatic carbocycles. The fourth-order valence-corrected chi connectivity index (χ4v) is 2.24. The van der Waals surface area contributed by atoms with E-state index in [2.05, 4.69) is 20.8 Å². The van der Waals surface area contributed by atoms with Gasteiger partial charge in [-0.1, -0.05) is 27.2 Å². The molecule has 0 aliphatic heterocycles. The molecule has 0 bridgehead atoms. The minimum absolute atomic E-state index is 0.325. The first-order chi connectivity index (χ1) is 5.04. The van der Waals surface area contributed by atoms with Crippen LogP contribution >= 0.6 is 0 Å². The molecular formula is C10H20O. The van der Waals surface area contributed by atoms with Crippen LogP contribution in [0.2, 0.25) is 0 Å². The van der Waals surface area contributed by atoms with Crippen LogP contribution in [-0.4, -0.2) is 10.7 Å². The van der Waals surface area contributed by atoms with Gasteiger partial charge < -0.3 is 5.11 Å². The Hall–Kier alpha value is -0.0400. The Morgan fingerprint density at radius 2 is 2.18 bits per heavy atom. The average molecular weight is 156 g/mol. The van der Waals surface area contributed by atoms with Crippen molar-refractivity contribution in [2.75, 3.05) is 0 Å². The van der Waals surface area contributed by atoms with Crippen molar-refractivity contribution in [2.45, 2.75) is 52.1 Å². The maximum atomic E-state index is 10.1. The summed E-state index contributed by atoms with van der Waals surface area (Å²) in [5.41, 5.74) is -0.325. The Balaban J connectivity index is 2.51. The summed E-state index contributed by atoms with van der Waals surface area (Å²) >= 11 is 0. The Labute approximate surface area is 69.8 Å². The van der Waals surface area contributed by atoms with Crippen molar-refractivity contribution in [3.05, 3.63) is 0 Å². The largest absolute Gasteiger partial charge is 0.390 e. The van der Waals surface area contributed by atoms with Crippen LogP contribution in [0.5, 0.6) is 0 Å². The summed E-state index contributed by atoms with van der Waals surface area (Å²) in [6.45, 7) is 6.54. The van der Waals surface area contributed by atoms with Gasteiger partial charge in [0.15, 0.2) is 0 Å². The molecule has 1 rings (SSSR count). The first-order valence-corrected chi connectivity index (χ1v) is 4.77. The molecule has 0 radical (unpaired) electrons. The van der Waals surface area contributed by atoms with E-state index < -0.39 is 0 Å². The van der Waals surface area contributed by atoms with Crippen LogP contribution in [0.1, 0.15) is 46.5 Å². The molecule has 1 nitrogen and oxygen atoms in total. The third kappa shape index (κ3) is 1.96. The second-order valence-corrected chi connectivity index (χ2v) is 4.49. The molecule has 0 spiro atoms. The SMILES string of the molecule is CC(C)CC1(O)CCCC1C. The molecule has 1 N–H and O–H groups in total. The minimum atomic E-state index is -0.325. The van der Waals surface area contributed by atoms with Crippen molar-refractivity contribution < 1.29 is 5.11 Å². The fourth-order valence-electron chi connectivity index (χ4n) is 2.24. The molecule has 0 aromatic heterocycles. The van der Waals surface area contributed by atoms with E-state index in [9.17, 15) is 5.11 Å². The molecule has 0 aromatic carbocycles. The lowest BCUT2D eigenvalue weighted by molar-refractivity contribution is -0.00964. The Morgan fingerprint density at radius 1 is 1.55 bits per heavy atom. The molecule has 0 amide bonds. The van der Waals surface area contributed by atoms with E-state index in [1.54, 1.807) is 0 Å². The van der Waals surface area contributed by atoms with Crippen molar-refractivity contribution in [2.24, 2.45) is 11.8 Å². The second-order valence-electron chi connectivity index (χ2n) is 4.49. The lowest BCUT2D eigenvalue weighted by Gasteiger charge is -2.29. The van der Waals surface area contributed by atoms with Gasteiger partial charge in [0.2, 0.25) is 0 Å². The zero-order chi connectivity index (χ0) is 8.48. The second kappa shape index (κ2) is 3.14. The van der Waals surface area contributed by atoms with Gasteiger partial charge >= 0.3 is 0 Å². The first kappa shape index (κ1) is 9.05. The molecule has 1 fully saturated rings. The lowest BCUT2D eigenvalue weighted by atomic mass is 9.84. The van der Waals surface area contributed by atoms with Gasteiger partial charge in [-0.2, -0.15) is 0 Å². The van der Waals surface area contributed by atoms with Crippen molar-refractivity contribution in [3.63, 3.8) is 0 Å². The smallest absolute Gasteiger partial charge is 0.0675 e. The third-order valence-corrected chi connectivity index (χ3v) is 2.93. The number of hydrogen-bond acceptors (Lipinski definition) is 1. The van der Waals surface area contributed by atoms with Crippen LogP contribution in [0, 0.1) is 11.8 Å². The highest BCUT2D eigenvalue weighted by atomic mass is 16.3. The summed E-state index contributed by atoms with van der Waals surface area (Å²) in [4.78, 5) is 0. The highest BCUT2D eigenvalue weighted by molar-refractivity contribution is 4.90. The van der Waals surface area contributed by atoms with Crippen LogP contribution in [0.25, 0.3) is 0 Å². The summed E-state index contributed by atoms with van der Waals surface area (Å²) in [6, 6.07) is 0. The molecule has 66 valence electrons. The minimum Gasteiger partial charge on any atom is -0.390 e. The molecule has 2 unspecified atom stereocenters. The maximum Gasteiger partial charge on any atom is 0.0675 e. The average Bonchev–Trinajstić information content (AvgIpc) is 2.11. The zero-order valence-corrected chi connectivity index (χ0v) is 7.93. The molecule has 2 atom stereocenters. The molecule has 0 heterocycles. The van der Waals surface area contributed by atoms with Crippen molar-refractivity contribution in [1.29, 1.82) is 0 Å². The summed E-state index contributed by atoms with van der Waals surface area (Å²) in [5.74, 6) is 1.14. The van der Waals surface area contributed by atoms with Gasteiger partial charge in [0.05, 0.1) is 5.60 Å². The molecular weight excluding hydrogens is 136 g/mol. The van der Waals surface area contributed by atoms with Crippen molar-refractivity contribution in [1.82, 2.24) is 0 Å². The lowest BCUT2D eigenvalue weighted by Crippen LogP contribution is -2.32. The third-order valence-electron chi connectivity index (χ3n) is 2.93. The fraction of sp³-hybridized carbons (Fsp3) is 1.00. The first-order valence-electron chi connectivity index (χ1n) is 4.77. The van der Waals surface area contributed by atoms with Gasteiger partial charge in [-0.05, 0) is 31.1 Å². The van der Waals surface area contributed by atoms with E-state index in [0.29, 0.717) is 11.8 Å². The molecule has 1 aliphatic rings. The molecule has 0 saturated heterocycles. The van der Waals surface area contributed by atoms with Gasteiger partial charge in [0, 0.05) is 0 Å². The summed E-state index contributed by atoms with van der Waals surface area (Å²) < 4.78 is 0. The number of rotatable bonds is 2. The maximum absolute atomic E-state index is 10.1. The van der Waals surface area contributed by atoms with E-state index in [0.717, 1.165) is 12.8 Å². The quantitative estimate of drug-likeness (QED) is 0.651. The summed E-state index contributed by atoms with van der Waals surface area (Å²) in [5, 5.41) is 10.1. The van der Waals surface area contributed by atoms with E-state index in [1.807, 2.05) is 0 Å². The van der Waals surface area contributed by atoms with Gasteiger partial charge in [-0.3, -0.25) is 0 Å². The van der Waals surface area contributed by atoms with Gasteiger partial charge in [-0.15, -0.1) is 0 Å². The summed E-state index contributed by atoms with van der Waals surface area (Å²) in [7, 11) is 0. The van der Waals surface area contributed by atoms with Crippen LogP contribution in [0.3, 0.4) is 0 Å². The monoisotopic (exact) mass is 156 g/mol. The van der Waals surface area contributed by atoms with E-state index in [4.69, 9.17) is 0 Å². The van der Waals surface area contributed by atoms with Crippen molar-refractivity contribution in [3.8, 4) is 0 Å². The standard InChI is InChI=1S/C10H20O/c1-8(2)7-10(11)6-4-5-9(10)3/h8-9,11H,4-7H2,1-3H3. The molecule has 1 saturated carbocycles. The number of aliphatic hydroxyl groups is 1. The predicted octanol–water partition coefficient (Wildman–Crippen LogP) is 2.58.